The number of rotatable bonds is 3. The van der Waals surface area contributed by atoms with E-state index in [0.717, 1.165) is 11.3 Å². The summed E-state index contributed by atoms with van der Waals surface area (Å²) in [6.07, 6.45) is 2.12. The van der Waals surface area contributed by atoms with E-state index in [1.165, 1.54) is 6.33 Å². The Hall–Kier alpha value is -2.28. The van der Waals surface area contributed by atoms with Crippen LogP contribution < -0.4 is 0 Å². The molecule has 0 unspecified atom stereocenters. The molecule has 22 heavy (non-hydrogen) atoms. The summed E-state index contributed by atoms with van der Waals surface area (Å²) >= 11 is 0. The molecule has 7 nitrogen and oxygen atoms in total. The summed E-state index contributed by atoms with van der Waals surface area (Å²) in [7, 11) is 0. The predicted molar refractivity (Wildman–Crippen MR) is 79.4 cm³/mol. The van der Waals surface area contributed by atoms with Gasteiger partial charge in [0.15, 0.2) is 0 Å². The molecule has 0 saturated carbocycles. The van der Waals surface area contributed by atoms with Crippen molar-refractivity contribution in [2.45, 2.75) is 32.5 Å². The molecule has 2 heterocycles. The van der Waals surface area contributed by atoms with E-state index in [1.54, 1.807) is 4.68 Å². The van der Waals surface area contributed by atoms with E-state index in [2.05, 4.69) is 15.5 Å². The number of carbonyl (C=O) groups is 1. The Morgan fingerprint density at radius 2 is 1.91 bits per heavy atom. The lowest BCUT2D eigenvalue weighted by Crippen LogP contribution is -2.48. The second kappa shape index (κ2) is 6.23. The molecular formula is C15H19N5O2. The number of carbonyl (C=O) groups excluding carboxylic acids is 1. The Balaban J connectivity index is 1.64. The SMILES string of the molecule is C[C@@H]1CN(C(=O)Cc2ccc(-n3cnnn3)cc2)C[C@@H](C)O1. The standard InChI is InChI=1S/C15H19N5O2/c1-11-8-19(9-12(2)22-11)15(21)7-13-3-5-14(6-4-13)20-10-16-17-18-20/h3-6,10-12H,7-9H2,1-2H3/t11-,12-/m1/s1. The van der Waals surface area contributed by atoms with Gasteiger partial charge in [-0.3, -0.25) is 4.79 Å². The summed E-state index contributed by atoms with van der Waals surface area (Å²) < 4.78 is 7.24. The van der Waals surface area contributed by atoms with E-state index in [0.29, 0.717) is 19.5 Å². The molecule has 1 aromatic carbocycles. The third-order valence-corrected chi connectivity index (χ3v) is 3.68. The second-order valence-corrected chi connectivity index (χ2v) is 5.65. The zero-order valence-electron chi connectivity index (χ0n) is 12.7. The molecule has 0 aliphatic carbocycles. The number of aromatic nitrogens is 4. The molecule has 1 saturated heterocycles. The van der Waals surface area contributed by atoms with Gasteiger partial charge in [-0.2, -0.15) is 0 Å². The fourth-order valence-electron chi connectivity index (χ4n) is 2.71. The van der Waals surface area contributed by atoms with Gasteiger partial charge in [-0.25, -0.2) is 4.68 Å². The number of hydrogen-bond acceptors (Lipinski definition) is 5. The maximum Gasteiger partial charge on any atom is 0.227 e. The van der Waals surface area contributed by atoms with E-state index < -0.39 is 0 Å². The van der Waals surface area contributed by atoms with Gasteiger partial charge in [0.2, 0.25) is 5.91 Å². The number of benzene rings is 1. The first-order valence-corrected chi connectivity index (χ1v) is 7.37. The predicted octanol–water partition coefficient (Wildman–Crippen LogP) is 0.841. The average Bonchev–Trinajstić information content (AvgIpc) is 3.01. The van der Waals surface area contributed by atoms with Gasteiger partial charge in [0.25, 0.3) is 0 Å². The molecule has 0 N–H and O–H groups in total. The van der Waals surface area contributed by atoms with Crippen molar-refractivity contribution in [2.75, 3.05) is 13.1 Å². The molecule has 116 valence electrons. The van der Waals surface area contributed by atoms with E-state index in [1.807, 2.05) is 43.0 Å². The van der Waals surface area contributed by atoms with Crippen molar-refractivity contribution >= 4 is 5.91 Å². The molecule has 7 heteroatoms. The molecule has 0 bridgehead atoms. The second-order valence-electron chi connectivity index (χ2n) is 5.65. The van der Waals surface area contributed by atoms with Crippen molar-refractivity contribution in [3.8, 4) is 5.69 Å². The normalized spacial score (nSPS) is 21.8. The molecule has 2 aromatic rings. The fourth-order valence-corrected chi connectivity index (χ4v) is 2.71. The molecule has 3 rings (SSSR count). The molecule has 0 spiro atoms. The van der Waals surface area contributed by atoms with Gasteiger partial charge in [-0.05, 0) is 42.0 Å². The van der Waals surface area contributed by atoms with Crippen LogP contribution in [0.2, 0.25) is 0 Å². The summed E-state index contributed by atoms with van der Waals surface area (Å²) in [4.78, 5) is 14.3. The smallest absolute Gasteiger partial charge is 0.227 e. The Morgan fingerprint density at radius 1 is 1.23 bits per heavy atom. The first-order chi connectivity index (χ1) is 10.6. The van der Waals surface area contributed by atoms with Crippen LogP contribution in [0.3, 0.4) is 0 Å². The Kier molecular flexibility index (Phi) is 4.15. The Morgan fingerprint density at radius 3 is 2.50 bits per heavy atom. The quantitative estimate of drug-likeness (QED) is 0.840. The molecular weight excluding hydrogens is 282 g/mol. The van der Waals surface area contributed by atoms with Crippen molar-refractivity contribution in [3.63, 3.8) is 0 Å². The van der Waals surface area contributed by atoms with Crippen molar-refractivity contribution in [3.05, 3.63) is 36.2 Å². The van der Waals surface area contributed by atoms with E-state index >= 15 is 0 Å². The number of tetrazole rings is 1. The molecule has 2 atom stereocenters. The maximum absolute atomic E-state index is 12.4. The van der Waals surface area contributed by atoms with Gasteiger partial charge in [0.1, 0.15) is 6.33 Å². The molecule has 1 amide bonds. The van der Waals surface area contributed by atoms with E-state index in [-0.39, 0.29) is 18.1 Å². The van der Waals surface area contributed by atoms with Crippen molar-refractivity contribution in [1.82, 2.24) is 25.1 Å². The number of amides is 1. The van der Waals surface area contributed by atoms with Crippen LogP contribution in [0.15, 0.2) is 30.6 Å². The van der Waals surface area contributed by atoms with Crippen molar-refractivity contribution in [1.29, 1.82) is 0 Å². The van der Waals surface area contributed by atoms with Crippen molar-refractivity contribution in [2.24, 2.45) is 0 Å². The highest BCUT2D eigenvalue weighted by Crippen LogP contribution is 2.14. The number of hydrogen-bond donors (Lipinski definition) is 0. The third-order valence-electron chi connectivity index (χ3n) is 3.68. The summed E-state index contributed by atoms with van der Waals surface area (Å²) in [5.74, 6) is 0.136. The lowest BCUT2D eigenvalue weighted by Gasteiger charge is -2.35. The van der Waals surface area contributed by atoms with Crippen LogP contribution in [-0.2, 0) is 16.0 Å². The van der Waals surface area contributed by atoms with Gasteiger partial charge in [-0.15, -0.1) is 5.10 Å². The minimum atomic E-state index is 0.0925. The molecule has 1 aromatic heterocycles. The molecule has 1 aliphatic rings. The van der Waals surface area contributed by atoms with E-state index in [9.17, 15) is 4.79 Å². The van der Waals surface area contributed by atoms with E-state index in [4.69, 9.17) is 4.74 Å². The maximum atomic E-state index is 12.4. The summed E-state index contributed by atoms with van der Waals surface area (Å²) in [5.41, 5.74) is 1.85. The minimum Gasteiger partial charge on any atom is -0.372 e. The third kappa shape index (κ3) is 3.30. The molecule has 1 fully saturated rings. The van der Waals surface area contributed by atoms with Gasteiger partial charge in [0, 0.05) is 13.1 Å². The lowest BCUT2D eigenvalue weighted by molar-refractivity contribution is -0.142. The summed E-state index contributed by atoms with van der Waals surface area (Å²) in [6, 6.07) is 7.68. The van der Waals surface area contributed by atoms with Gasteiger partial charge >= 0.3 is 0 Å². The summed E-state index contributed by atoms with van der Waals surface area (Å²) in [6.45, 7) is 5.31. The van der Waals surface area contributed by atoms with Crippen LogP contribution in [-0.4, -0.2) is 56.3 Å². The highest BCUT2D eigenvalue weighted by atomic mass is 16.5. The molecule has 1 aliphatic heterocycles. The van der Waals surface area contributed by atoms with Crippen LogP contribution >= 0.6 is 0 Å². The topological polar surface area (TPSA) is 73.1 Å². The number of ether oxygens (including phenoxy) is 1. The zero-order valence-corrected chi connectivity index (χ0v) is 12.7. The van der Waals surface area contributed by atoms with Crippen LogP contribution in [0.25, 0.3) is 5.69 Å². The summed E-state index contributed by atoms with van der Waals surface area (Å²) in [5, 5.41) is 11.0. The number of morpholine rings is 1. The first kappa shape index (κ1) is 14.6. The highest BCUT2D eigenvalue weighted by molar-refractivity contribution is 5.79. The minimum absolute atomic E-state index is 0.0925. The Labute approximate surface area is 128 Å². The average molecular weight is 301 g/mol. The van der Waals surface area contributed by atoms with Gasteiger partial charge < -0.3 is 9.64 Å². The van der Waals surface area contributed by atoms with Crippen molar-refractivity contribution < 1.29 is 9.53 Å². The fraction of sp³-hybridized carbons (Fsp3) is 0.467. The largest absolute Gasteiger partial charge is 0.372 e. The lowest BCUT2D eigenvalue weighted by atomic mass is 10.1. The zero-order chi connectivity index (χ0) is 15.5. The molecule has 0 radical (unpaired) electrons. The first-order valence-electron chi connectivity index (χ1n) is 7.37. The van der Waals surface area contributed by atoms with Crippen LogP contribution in [0.4, 0.5) is 0 Å². The monoisotopic (exact) mass is 301 g/mol. The van der Waals surface area contributed by atoms with Crippen LogP contribution in [0.5, 0.6) is 0 Å². The highest BCUT2D eigenvalue weighted by Gasteiger charge is 2.25. The number of nitrogens with zero attached hydrogens (tertiary/aromatic N) is 5. The van der Waals surface area contributed by atoms with Crippen LogP contribution in [0.1, 0.15) is 19.4 Å². The van der Waals surface area contributed by atoms with Crippen LogP contribution in [0, 0.1) is 0 Å². The van der Waals surface area contributed by atoms with Gasteiger partial charge in [0.05, 0.1) is 24.3 Å². The van der Waals surface area contributed by atoms with Gasteiger partial charge in [-0.1, -0.05) is 12.1 Å². The Bertz CT molecular complexity index is 616.